The molecular weight excluding hydrogens is 305 g/mol. The Bertz CT molecular complexity index is 692. The molecule has 0 bridgehead atoms. The van der Waals surface area contributed by atoms with Gasteiger partial charge in [0.2, 0.25) is 0 Å². The first-order valence-electron chi connectivity index (χ1n) is 7.03. The van der Waals surface area contributed by atoms with Crippen LogP contribution in [-0.2, 0) is 9.53 Å². The van der Waals surface area contributed by atoms with Gasteiger partial charge in [-0.25, -0.2) is 9.18 Å². The molecule has 0 fully saturated rings. The van der Waals surface area contributed by atoms with Crippen LogP contribution in [0.15, 0.2) is 60.7 Å². The molecular formula is C18H15F3O2. The van der Waals surface area contributed by atoms with Crippen molar-refractivity contribution in [3.63, 3.8) is 0 Å². The highest BCUT2D eigenvalue weighted by atomic mass is 19.3. The van der Waals surface area contributed by atoms with Crippen molar-refractivity contribution in [2.45, 2.75) is 12.8 Å². The second-order valence-electron chi connectivity index (χ2n) is 4.77. The third-order valence-electron chi connectivity index (χ3n) is 3.11. The summed E-state index contributed by atoms with van der Waals surface area (Å²) in [6.07, 6.45) is 0.549. The average molecular weight is 320 g/mol. The Kier molecular flexibility index (Phi) is 5.21. The minimum atomic E-state index is -3.78. The monoisotopic (exact) mass is 320 g/mol. The predicted molar refractivity (Wildman–Crippen MR) is 81.5 cm³/mol. The molecule has 5 heteroatoms. The van der Waals surface area contributed by atoms with E-state index in [4.69, 9.17) is 0 Å². The standard InChI is InChI=1S/C18H15F3O2/c1-2-23-17(22)18(20,21)12-16(13-6-4-3-5-7-13)14-8-10-15(19)11-9-14/h3-12H,2H2,1H3/b16-12+. The highest BCUT2D eigenvalue weighted by molar-refractivity contribution is 5.87. The van der Waals surface area contributed by atoms with Crippen molar-refractivity contribution in [1.29, 1.82) is 0 Å². The Hall–Kier alpha value is -2.56. The van der Waals surface area contributed by atoms with Crippen molar-refractivity contribution >= 4 is 11.5 Å². The van der Waals surface area contributed by atoms with Crippen LogP contribution in [0.25, 0.3) is 5.57 Å². The lowest BCUT2D eigenvalue weighted by atomic mass is 9.96. The molecule has 0 aliphatic heterocycles. The van der Waals surface area contributed by atoms with Crippen LogP contribution < -0.4 is 0 Å². The van der Waals surface area contributed by atoms with Gasteiger partial charge in [-0.05, 0) is 35.8 Å². The number of benzene rings is 2. The molecule has 0 unspecified atom stereocenters. The third kappa shape index (κ3) is 4.22. The number of halogens is 3. The zero-order chi connectivity index (χ0) is 16.9. The number of rotatable bonds is 5. The van der Waals surface area contributed by atoms with E-state index in [-0.39, 0.29) is 12.2 Å². The van der Waals surface area contributed by atoms with Crippen LogP contribution >= 0.6 is 0 Å². The van der Waals surface area contributed by atoms with Gasteiger partial charge in [0.1, 0.15) is 5.82 Å². The molecule has 0 saturated heterocycles. The molecule has 0 saturated carbocycles. The number of hydrogen-bond acceptors (Lipinski definition) is 2. The summed E-state index contributed by atoms with van der Waals surface area (Å²) in [6.45, 7) is 1.31. The van der Waals surface area contributed by atoms with Gasteiger partial charge in [0, 0.05) is 6.08 Å². The topological polar surface area (TPSA) is 26.3 Å². The molecule has 0 aliphatic rings. The number of alkyl halides is 2. The fourth-order valence-electron chi connectivity index (χ4n) is 2.05. The molecule has 0 spiro atoms. The van der Waals surface area contributed by atoms with Crippen LogP contribution in [0, 0.1) is 5.82 Å². The van der Waals surface area contributed by atoms with E-state index >= 15 is 0 Å². The highest BCUT2D eigenvalue weighted by Gasteiger charge is 2.38. The number of hydrogen-bond donors (Lipinski definition) is 0. The zero-order valence-electron chi connectivity index (χ0n) is 12.4. The fourth-order valence-corrected chi connectivity index (χ4v) is 2.05. The molecule has 2 nitrogen and oxygen atoms in total. The number of ether oxygens (including phenoxy) is 1. The first-order chi connectivity index (χ1) is 10.9. The fraction of sp³-hybridized carbons (Fsp3) is 0.167. The SMILES string of the molecule is CCOC(=O)C(F)(F)/C=C(\c1ccccc1)c1ccc(F)cc1. The average Bonchev–Trinajstić information content (AvgIpc) is 2.55. The molecule has 2 aromatic rings. The van der Waals surface area contributed by atoms with Crippen LogP contribution in [0.3, 0.4) is 0 Å². The smallest absolute Gasteiger partial charge is 0.381 e. The van der Waals surface area contributed by atoms with Gasteiger partial charge < -0.3 is 4.74 Å². The molecule has 0 amide bonds. The van der Waals surface area contributed by atoms with Gasteiger partial charge in [0.15, 0.2) is 0 Å². The van der Waals surface area contributed by atoms with Crippen LogP contribution in [0.5, 0.6) is 0 Å². The van der Waals surface area contributed by atoms with Crippen molar-refractivity contribution in [1.82, 2.24) is 0 Å². The van der Waals surface area contributed by atoms with Gasteiger partial charge in [0.25, 0.3) is 0 Å². The first kappa shape index (κ1) is 16.8. The summed E-state index contributed by atoms with van der Waals surface area (Å²) >= 11 is 0. The van der Waals surface area contributed by atoms with Crippen molar-refractivity contribution in [2.75, 3.05) is 6.61 Å². The number of carbonyl (C=O) groups excluding carboxylic acids is 1. The number of carbonyl (C=O) groups is 1. The molecule has 0 aromatic heterocycles. The molecule has 0 aliphatic carbocycles. The van der Waals surface area contributed by atoms with Crippen molar-refractivity contribution < 1.29 is 22.7 Å². The summed E-state index contributed by atoms with van der Waals surface area (Å²) < 4.78 is 45.6. The second kappa shape index (κ2) is 7.13. The maximum atomic E-state index is 14.1. The quantitative estimate of drug-likeness (QED) is 0.761. The molecule has 23 heavy (non-hydrogen) atoms. The van der Waals surface area contributed by atoms with E-state index in [0.29, 0.717) is 17.2 Å². The maximum absolute atomic E-state index is 14.1. The third-order valence-corrected chi connectivity index (χ3v) is 3.11. The Morgan fingerprint density at radius 3 is 2.17 bits per heavy atom. The minimum Gasteiger partial charge on any atom is -0.461 e. The van der Waals surface area contributed by atoms with Crippen LogP contribution in [-0.4, -0.2) is 18.5 Å². The first-order valence-corrected chi connectivity index (χ1v) is 7.03. The zero-order valence-corrected chi connectivity index (χ0v) is 12.4. The Balaban J connectivity index is 2.52. The lowest BCUT2D eigenvalue weighted by Gasteiger charge is -2.14. The van der Waals surface area contributed by atoms with Gasteiger partial charge in [-0.3, -0.25) is 0 Å². The lowest BCUT2D eigenvalue weighted by molar-refractivity contribution is -0.164. The van der Waals surface area contributed by atoms with Gasteiger partial charge in [-0.1, -0.05) is 42.5 Å². The van der Waals surface area contributed by atoms with Gasteiger partial charge in [-0.15, -0.1) is 0 Å². The summed E-state index contributed by atoms with van der Waals surface area (Å²) in [5.41, 5.74) is 0.994. The van der Waals surface area contributed by atoms with Gasteiger partial charge in [0.05, 0.1) is 6.61 Å². The van der Waals surface area contributed by atoms with E-state index in [1.54, 1.807) is 30.3 Å². The van der Waals surface area contributed by atoms with E-state index in [0.717, 1.165) is 0 Å². The summed E-state index contributed by atoms with van der Waals surface area (Å²) in [4.78, 5) is 11.4. The normalized spacial score (nSPS) is 12.1. The Morgan fingerprint density at radius 2 is 1.61 bits per heavy atom. The molecule has 2 rings (SSSR count). The van der Waals surface area contributed by atoms with E-state index in [1.807, 2.05) is 0 Å². The summed E-state index contributed by atoms with van der Waals surface area (Å²) in [5.74, 6) is -5.87. The molecule has 0 atom stereocenters. The van der Waals surface area contributed by atoms with Gasteiger partial charge >= 0.3 is 11.9 Å². The predicted octanol–water partition coefficient (Wildman–Crippen LogP) is 4.46. The molecule has 120 valence electrons. The van der Waals surface area contributed by atoms with E-state index in [1.165, 1.54) is 31.2 Å². The van der Waals surface area contributed by atoms with Crippen molar-refractivity contribution in [2.24, 2.45) is 0 Å². The summed E-state index contributed by atoms with van der Waals surface area (Å²) in [7, 11) is 0. The number of esters is 1. The van der Waals surface area contributed by atoms with E-state index in [9.17, 15) is 18.0 Å². The Morgan fingerprint density at radius 1 is 1.04 bits per heavy atom. The lowest BCUT2D eigenvalue weighted by Crippen LogP contribution is -2.29. The van der Waals surface area contributed by atoms with E-state index in [2.05, 4.69) is 4.74 Å². The molecule has 0 radical (unpaired) electrons. The van der Waals surface area contributed by atoms with Crippen molar-refractivity contribution in [3.8, 4) is 0 Å². The van der Waals surface area contributed by atoms with Crippen LogP contribution in [0.4, 0.5) is 13.2 Å². The molecule has 2 aromatic carbocycles. The maximum Gasteiger partial charge on any atom is 0.381 e. The largest absolute Gasteiger partial charge is 0.461 e. The second-order valence-corrected chi connectivity index (χ2v) is 4.77. The molecule has 0 N–H and O–H groups in total. The summed E-state index contributed by atoms with van der Waals surface area (Å²) in [6, 6.07) is 13.5. The Labute approximate surface area is 132 Å². The highest BCUT2D eigenvalue weighted by Crippen LogP contribution is 2.29. The van der Waals surface area contributed by atoms with E-state index < -0.39 is 17.7 Å². The molecule has 0 heterocycles. The van der Waals surface area contributed by atoms with Crippen LogP contribution in [0.2, 0.25) is 0 Å². The summed E-state index contributed by atoms with van der Waals surface area (Å²) in [5, 5.41) is 0. The minimum absolute atomic E-state index is 0.128. The van der Waals surface area contributed by atoms with Crippen molar-refractivity contribution in [3.05, 3.63) is 77.6 Å². The van der Waals surface area contributed by atoms with Gasteiger partial charge in [-0.2, -0.15) is 8.78 Å². The van der Waals surface area contributed by atoms with Crippen LogP contribution in [0.1, 0.15) is 18.1 Å².